The molecule has 4 heteroatoms. The van der Waals surface area contributed by atoms with Crippen molar-refractivity contribution >= 4 is 11.0 Å². The van der Waals surface area contributed by atoms with Crippen LogP contribution in [0.25, 0.3) is 11.0 Å². The molecule has 2 rings (SSSR count). The van der Waals surface area contributed by atoms with Gasteiger partial charge >= 0.3 is 0 Å². The summed E-state index contributed by atoms with van der Waals surface area (Å²) in [4.78, 5) is 7.02. The number of fused-ring (bicyclic) bond motifs is 1. The Morgan fingerprint density at radius 1 is 1.30 bits per heavy atom. The molecule has 106 valence electrons. The quantitative estimate of drug-likeness (QED) is 0.838. The molecule has 4 nitrogen and oxygen atoms in total. The summed E-state index contributed by atoms with van der Waals surface area (Å²) in [5, 5.41) is 8.89. The summed E-state index contributed by atoms with van der Waals surface area (Å²) in [6.45, 7) is 5.11. The normalized spacial score (nSPS) is 13.1. The largest absolute Gasteiger partial charge is 0.326 e. The van der Waals surface area contributed by atoms with Crippen LogP contribution < -0.4 is 0 Å². The second-order valence-electron chi connectivity index (χ2n) is 5.67. The molecule has 2 aromatic rings. The summed E-state index contributed by atoms with van der Waals surface area (Å²) in [6, 6.07) is 10.6. The standard InChI is InChI=1S/C16H22N4/c1-12(2)15(19(3)4)16-18-13-8-5-6-9-14(13)20(16)11-7-10-17/h5-6,8-9,12,15H,7,11H2,1-4H3. The van der Waals surface area contributed by atoms with E-state index in [2.05, 4.69) is 49.5 Å². The van der Waals surface area contributed by atoms with E-state index in [0.717, 1.165) is 16.9 Å². The molecule has 1 unspecified atom stereocenters. The summed E-state index contributed by atoms with van der Waals surface area (Å²) in [7, 11) is 4.16. The molecule has 0 amide bonds. The highest BCUT2D eigenvalue weighted by Gasteiger charge is 2.24. The third-order valence-corrected chi connectivity index (χ3v) is 3.58. The maximum atomic E-state index is 8.89. The van der Waals surface area contributed by atoms with Crippen LogP contribution >= 0.6 is 0 Å². The predicted molar refractivity (Wildman–Crippen MR) is 81.2 cm³/mol. The lowest BCUT2D eigenvalue weighted by atomic mass is 10.0. The van der Waals surface area contributed by atoms with Crippen molar-refractivity contribution < 1.29 is 0 Å². The summed E-state index contributed by atoms with van der Waals surface area (Å²) in [6.07, 6.45) is 0.506. The molecule has 1 aromatic heterocycles. The van der Waals surface area contributed by atoms with E-state index < -0.39 is 0 Å². The fourth-order valence-corrected chi connectivity index (χ4v) is 2.84. The Morgan fingerprint density at radius 2 is 2.00 bits per heavy atom. The van der Waals surface area contributed by atoms with E-state index in [1.54, 1.807) is 0 Å². The van der Waals surface area contributed by atoms with Crippen molar-refractivity contribution in [3.05, 3.63) is 30.1 Å². The Hall–Kier alpha value is -1.86. The number of benzene rings is 1. The van der Waals surface area contributed by atoms with Gasteiger partial charge in [-0.1, -0.05) is 26.0 Å². The average Bonchev–Trinajstić information content (AvgIpc) is 2.73. The van der Waals surface area contributed by atoms with Gasteiger partial charge in [-0.3, -0.25) is 4.90 Å². The zero-order chi connectivity index (χ0) is 14.7. The van der Waals surface area contributed by atoms with Gasteiger partial charge in [0.2, 0.25) is 0 Å². The van der Waals surface area contributed by atoms with E-state index in [0.29, 0.717) is 18.9 Å². The zero-order valence-electron chi connectivity index (χ0n) is 12.7. The molecule has 0 saturated heterocycles. The minimum atomic E-state index is 0.251. The molecule has 0 spiro atoms. The van der Waals surface area contributed by atoms with Gasteiger partial charge in [0.1, 0.15) is 5.82 Å². The topological polar surface area (TPSA) is 44.9 Å². The Balaban J connectivity index is 2.58. The molecule has 1 aromatic carbocycles. The van der Waals surface area contributed by atoms with Crippen LogP contribution in [0.1, 0.15) is 32.1 Å². The summed E-state index contributed by atoms with van der Waals surface area (Å²) in [5.41, 5.74) is 2.12. The van der Waals surface area contributed by atoms with Gasteiger partial charge < -0.3 is 4.57 Å². The van der Waals surface area contributed by atoms with Gasteiger partial charge in [0, 0.05) is 6.54 Å². The highest BCUT2D eigenvalue weighted by atomic mass is 15.2. The molecule has 0 aliphatic carbocycles. The Bertz CT molecular complexity index is 611. The fraction of sp³-hybridized carbons (Fsp3) is 0.500. The van der Waals surface area contributed by atoms with Crippen molar-refractivity contribution in [2.45, 2.75) is 32.9 Å². The molecule has 0 aliphatic heterocycles. The number of rotatable bonds is 5. The van der Waals surface area contributed by atoms with E-state index >= 15 is 0 Å². The van der Waals surface area contributed by atoms with Gasteiger partial charge in [-0.15, -0.1) is 0 Å². The first-order valence-electron chi connectivity index (χ1n) is 7.04. The van der Waals surface area contributed by atoms with Crippen LogP contribution in [0.3, 0.4) is 0 Å². The SMILES string of the molecule is CC(C)C(c1nc2ccccc2n1CCC#N)N(C)C. The first-order chi connectivity index (χ1) is 9.56. The van der Waals surface area contributed by atoms with Crippen LogP contribution in [0.4, 0.5) is 0 Å². The van der Waals surface area contributed by atoms with Gasteiger partial charge in [0.15, 0.2) is 0 Å². The number of aryl methyl sites for hydroxylation is 1. The van der Waals surface area contributed by atoms with Gasteiger partial charge in [-0.25, -0.2) is 4.98 Å². The van der Waals surface area contributed by atoms with Crippen LogP contribution in [0.2, 0.25) is 0 Å². The lowest BCUT2D eigenvalue weighted by Gasteiger charge is -2.28. The third kappa shape index (κ3) is 2.68. The third-order valence-electron chi connectivity index (χ3n) is 3.58. The summed E-state index contributed by atoms with van der Waals surface area (Å²) in [5.74, 6) is 1.52. The highest BCUT2D eigenvalue weighted by molar-refractivity contribution is 5.76. The first kappa shape index (κ1) is 14.5. The lowest BCUT2D eigenvalue weighted by molar-refractivity contribution is 0.219. The van der Waals surface area contributed by atoms with Crippen LogP contribution in [-0.4, -0.2) is 28.5 Å². The van der Waals surface area contributed by atoms with Crippen molar-refractivity contribution in [2.75, 3.05) is 14.1 Å². The van der Waals surface area contributed by atoms with Crippen LogP contribution in [0.15, 0.2) is 24.3 Å². The minimum Gasteiger partial charge on any atom is -0.326 e. The van der Waals surface area contributed by atoms with Crippen LogP contribution in [0, 0.1) is 17.2 Å². The van der Waals surface area contributed by atoms with E-state index in [4.69, 9.17) is 10.2 Å². The molecular formula is C16H22N4. The van der Waals surface area contributed by atoms with E-state index in [1.807, 2.05) is 18.2 Å². The number of hydrogen-bond donors (Lipinski definition) is 0. The second kappa shape index (κ2) is 6.06. The molecule has 0 radical (unpaired) electrons. The van der Waals surface area contributed by atoms with Crippen molar-refractivity contribution in [1.82, 2.24) is 14.5 Å². The molecule has 0 fully saturated rings. The number of nitriles is 1. The smallest absolute Gasteiger partial charge is 0.127 e. The Morgan fingerprint density at radius 3 is 2.60 bits per heavy atom. The maximum absolute atomic E-state index is 8.89. The monoisotopic (exact) mass is 270 g/mol. The van der Waals surface area contributed by atoms with Gasteiger partial charge in [0.05, 0.1) is 29.6 Å². The number of aromatic nitrogens is 2. The molecule has 0 saturated carbocycles. The molecule has 0 aliphatic rings. The summed E-state index contributed by atoms with van der Waals surface area (Å²) < 4.78 is 2.20. The molecule has 1 atom stereocenters. The lowest BCUT2D eigenvalue weighted by Crippen LogP contribution is -2.27. The zero-order valence-corrected chi connectivity index (χ0v) is 12.7. The van der Waals surface area contributed by atoms with Crippen molar-refractivity contribution in [3.63, 3.8) is 0 Å². The number of nitrogens with zero attached hydrogens (tertiary/aromatic N) is 4. The number of para-hydroxylation sites is 2. The number of hydrogen-bond acceptors (Lipinski definition) is 3. The van der Waals surface area contributed by atoms with Crippen molar-refractivity contribution in [1.29, 1.82) is 5.26 Å². The van der Waals surface area contributed by atoms with Gasteiger partial charge in [-0.2, -0.15) is 5.26 Å². The van der Waals surface area contributed by atoms with Crippen LogP contribution in [-0.2, 0) is 6.54 Å². The van der Waals surface area contributed by atoms with E-state index in [1.165, 1.54) is 0 Å². The van der Waals surface area contributed by atoms with E-state index in [-0.39, 0.29) is 6.04 Å². The number of imidazole rings is 1. The summed E-state index contributed by atoms with van der Waals surface area (Å²) >= 11 is 0. The van der Waals surface area contributed by atoms with Gasteiger partial charge in [0.25, 0.3) is 0 Å². The maximum Gasteiger partial charge on any atom is 0.127 e. The highest BCUT2D eigenvalue weighted by Crippen LogP contribution is 2.29. The Labute approximate surface area is 120 Å². The average molecular weight is 270 g/mol. The van der Waals surface area contributed by atoms with Crippen molar-refractivity contribution in [2.24, 2.45) is 5.92 Å². The fourth-order valence-electron chi connectivity index (χ4n) is 2.84. The molecule has 20 heavy (non-hydrogen) atoms. The molecule has 0 bridgehead atoms. The molecule has 0 N–H and O–H groups in total. The van der Waals surface area contributed by atoms with Crippen molar-refractivity contribution in [3.8, 4) is 6.07 Å². The minimum absolute atomic E-state index is 0.251. The molecule has 1 heterocycles. The van der Waals surface area contributed by atoms with E-state index in [9.17, 15) is 0 Å². The predicted octanol–water partition coefficient (Wildman–Crippen LogP) is 3.21. The van der Waals surface area contributed by atoms with Crippen LogP contribution in [0.5, 0.6) is 0 Å². The second-order valence-corrected chi connectivity index (χ2v) is 5.67. The van der Waals surface area contributed by atoms with Gasteiger partial charge in [-0.05, 0) is 32.1 Å². The Kier molecular flexibility index (Phi) is 4.41. The first-order valence-corrected chi connectivity index (χ1v) is 7.04. The molecular weight excluding hydrogens is 248 g/mol.